The molecule has 0 fully saturated rings. The first-order valence-corrected chi connectivity index (χ1v) is 16.6. The van der Waals surface area contributed by atoms with Crippen molar-refractivity contribution in [1.29, 1.82) is 5.26 Å². The molecule has 17 heteroatoms. The van der Waals surface area contributed by atoms with Crippen LogP contribution < -0.4 is 21.5 Å². The number of ether oxygens (including phenoxy) is 4. The fourth-order valence-electron chi connectivity index (χ4n) is 5.07. The fraction of sp³-hybridized carbons (Fsp3) is 0.361. The second-order valence-electron chi connectivity index (χ2n) is 11.2. The highest BCUT2D eigenvalue weighted by Gasteiger charge is 2.31. The van der Waals surface area contributed by atoms with E-state index in [2.05, 4.69) is 21.0 Å². The standard InChI is InChI=1S/C36H40F3N7O7/c1-25-30(32-10-11-44-46(32)28-8-6-26(24-40)7-9-28)23-31(34(48)45(25)29-5-3-4-27(22-29)36(37,38)39)33(47)42-12-14-50-16-18-52-20-21-53-19-17-51-15-13-43-35(49)41-2/h3-11,22-23H,12-21H2,1-2H3,(H,42,47)(H2,41,43,49). The van der Waals surface area contributed by atoms with Crippen LogP contribution in [0, 0.1) is 18.3 Å². The molecular weight excluding hydrogens is 699 g/mol. The van der Waals surface area contributed by atoms with E-state index in [0.29, 0.717) is 62.1 Å². The molecule has 0 bridgehead atoms. The van der Waals surface area contributed by atoms with Crippen molar-refractivity contribution in [2.75, 3.05) is 73.0 Å². The lowest BCUT2D eigenvalue weighted by Gasteiger charge is -2.19. The number of nitrogens with one attached hydrogen (secondary N) is 3. The molecule has 0 aliphatic heterocycles. The number of carbonyl (C=O) groups excluding carboxylic acids is 2. The van der Waals surface area contributed by atoms with Gasteiger partial charge in [0.2, 0.25) is 0 Å². The maximum absolute atomic E-state index is 13.8. The van der Waals surface area contributed by atoms with Gasteiger partial charge in [0.05, 0.1) is 87.6 Å². The molecule has 0 saturated carbocycles. The van der Waals surface area contributed by atoms with Crippen LogP contribution in [0.3, 0.4) is 0 Å². The molecule has 0 atom stereocenters. The maximum atomic E-state index is 13.8. The third-order valence-electron chi connectivity index (χ3n) is 7.69. The number of benzene rings is 2. The van der Waals surface area contributed by atoms with Crippen molar-refractivity contribution in [1.82, 2.24) is 30.3 Å². The molecule has 2 heterocycles. The Morgan fingerprint density at radius 3 is 2.02 bits per heavy atom. The molecule has 0 aliphatic rings. The van der Waals surface area contributed by atoms with Gasteiger partial charge in [-0.1, -0.05) is 6.07 Å². The number of nitriles is 1. The predicted molar refractivity (Wildman–Crippen MR) is 187 cm³/mol. The Bertz CT molecular complexity index is 1920. The molecule has 53 heavy (non-hydrogen) atoms. The van der Waals surface area contributed by atoms with Gasteiger partial charge in [0.15, 0.2) is 0 Å². The topological polar surface area (TPSA) is 171 Å². The van der Waals surface area contributed by atoms with Gasteiger partial charge in [-0.05, 0) is 61.5 Å². The maximum Gasteiger partial charge on any atom is 0.416 e. The lowest BCUT2D eigenvalue weighted by Crippen LogP contribution is -2.35. The van der Waals surface area contributed by atoms with Crippen LogP contribution in [0.5, 0.6) is 0 Å². The summed E-state index contributed by atoms with van der Waals surface area (Å²) < 4.78 is 65.4. The first kappa shape index (κ1) is 40.2. The second-order valence-corrected chi connectivity index (χ2v) is 11.2. The van der Waals surface area contributed by atoms with Crippen molar-refractivity contribution < 1.29 is 41.7 Å². The number of hydrogen-bond donors (Lipinski definition) is 3. The molecule has 14 nitrogen and oxygen atoms in total. The smallest absolute Gasteiger partial charge is 0.377 e. The third-order valence-corrected chi connectivity index (χ3v) is 7.69. The van der Waals surface area contributed by atoms with Gasteiger partial charge in [-0.15, -0.1) is 0 Å². The molecule has 0 spiro atoms. The minimum absolute atomic E-state index is 0.0377. The average Bonchev–Trinajstić information content (AvgIpc) is 3.64. The van der Waals surface area contributed by atoms with Gasteiger partial charge < -0.3 is 34.9 Å². The van der Waals surface area contributed by atoms with E-state index in [1.807, 2.05) is 6.07 Å². The number of urea groups is 1. The van der Waals surface area contributed by atoms with Crippen LogP contribution in [-0.2, 0) is 25.1 Å². The van der Waals surface area contributed by atoms with Crippen LogP contribution >= 0.6 is 0 Å². The van der Waals surface area contributed by atoms with Gasteiger partial charge in [-0.25, -0.2) is 9.48 Å². The Morgan fingerprint density at radius 2 is 1.43 bits per heavy atom. The highest BCUT2D eigenvalue weighted by molar-refractivity contribution is 5.95. The summed E-state index contributed by atoms with van der Waals surface area (Å²) in [6.07, 6.45) is -3.16. The largest absolute Gasteiger partial charge is 0.416 e. The number of rotatable bonds is 19. The van der Waals surface area contributed by atoms with Crippen LogP contribution in [0.4, 0.5) is 18.0 Å². The summed E-state index contributed by atoms with van der Waals surface area (Å²) in [6, 6.07) is 15.7. The zero-order valence-electron chi connectivity index (χ0n) is 29.2. The lowest BCUT2D eigenvalue weighted by atomic mass is 10.0. The molecule has 0 radical (unpaired) electrons. The first-order valence-electron chi connectivity index (χ1n) is 16.6. The molecule has 282 valence electrons. The first-order chi connectivity index (χ1) is 25.5. The highest BCUT2D eigenvalue weighted by atomic mass is 19.4. The number of pyridine rings is 1. The van der Waals surface area contributed by atoms with Crippen LogP contribution in [-0.4, -0.2) is 99.3 Å². The number of amides is 3. The van der Waals surface area contributed by atoms with Crippen molar-refractivity contribution in [3.05, 3.63) is 99.6 Å². The van der Waals surface area contributed by atoms with Gasteiger partial charge >= 0.3 is 12.2 Å². The summed E-state index contributed by atoms with van der Waals surface area (Å²) in [5, 5.41) is 21.3. The van der Waals surface area contributed by atoms with E-state index in [1.54, 1.807) is 41.9 Å². The number of halogens is 3. The Morgan fingerprint density at radius 1 is 0.830 bits per heavy atom. The number of aromatic nitrogens is 3. The lowest BCUT2D eigenvalue weighted by molar-refractivity contribution is -0.137. The van der Waals surface area contributed by atoms with E-state index < -0.39 is 23.2 Å². The van der Waals surface area contributed by atoms with Crippen LogP contribution in [0.15, 0.2) is 71.7 Å². The van der Waals surface area contributed by atoms with Crippen molar-refractivity contribution >= 4 is 11.9 Å². The zero-order valence-corrected chi connectivity index (χ0v) is 29.2. The van der Waals surface area contributed by atoms with Crippen molar-refractivity contribution in [3.8, 4) is 28.7 Å². The SMILES string of the molecule is CNC(=O)NCCOCCOCCOCCOCCNC(=O)c1cc(-c2ccnn2-c2ccc(C#N)cc2)c(C)n(-c2cccc(C(F)(F)F)c2)c1=O. The number of hydrogen-bond acceptors (Lipinski definition) is 9. The molecule has 3 N–H and O–H groups in total. The Balaban J connectivity index is 1.37. The number of nitrogens with zero attached hydrogens (tertiary/aromatic N) is 4. The van der Waals surface area contributed by atoms with E-state index in [9.17, 15) is 32.8 Å². The quantitative estimate of drug-likeness (QED) is 0.122. The van der Waals surface area contributed by atoms with E-state index in [1.165, 1.54) is 31.4 Å². The summed E-state index contributed by atoms with van der Waals surface area (Å²) in [6.45, 7) is 4.38. The van der Waals surface area contributed by atoms with Gasteiger partial charge in [0, 0.05) is 37.1 Å². The summed E-state index contributed by atoms with van der Waals surface area (Å²) in [4.78, 5) is 38.3. The Kier molecular flexibility index (Phi) is 15.1. The predicted octanol–water partition coefficient (Wildman–Crippen LogP) is 3.61. The number of alkyl halides is 3. The summed E-state index contributed by atoms with van der Waals surface area (Å²) in [5.74, 6) is -0.745. The number of carbonyl (C=O) groups is 2. The molecule has 3 amide bonds. The average molecular weight is 740 g/mol. The normalized spacial score (nSPS) is 11.2. The molecule has 0 unspecified atom stereocenters. The van der Waals surface area contributed by atoms with Gasteiger partial charge in [-0.3, -0.25) is 14.2 Å². The van der Waals surface area contributed by atoms with E-state index >= 15 is 0 Å². The van der Waals surface area contributed by atoms with Crippen LogP contribution in [0.1, 0.15) is 27.2 Å². The molecule has 0 aliphatic carbocycles. The van der Waals surface area contributed by atoms with Gasteiger partial charge in [0.25, 0.3) is 11.5 Å². The molecule has 2 aromatic carbocycles. The van der Waals surface area contributed by atoms with Crippen molar-refractivity contribution in [3.63, 3.8) is 0 Å². The minimum atomic E-state index is -4.66. The van der Waals surface area contributed by atoms with Crippen LogP contribution in [0.2, 0.25) is 0 Å². The highest BCUT2D eigenvalue weighted by Crippen LogP contribution is 2.32. The Hall–Kier alpha value is -5.54. The van der Waals surface area contributed by atoms with Crippen molar-refractivity contribution in [2.45, 2.75) is 13.1 Å². The van der Waals surface area contributed by atoms with E-state index in [0.717, 1.165) is 16.7 Å². The summed E-state index contributed by atoms with van der Waals surface area (Å²) in [5.41, 5.74) is -0.0316. The van der Waals surface area contributed by atoms with E-state index in [-0.39, 0.29) is 49.3 Å². The molecule has 2 aromatic heterocycles. The molecule has 4 rings (SSSR count). The second kappa shape index (κ2) is 19.9. The minimum Gasteiger partial charge on any atom is -0.377 e. The van der Waals surface area contributed by atoms with Crippen LogP contribution in [0.25, 0.3) is 22.6 Å². The molecular formula is C36H40F3N7O7. The molecule has 4 aromatic rings. The summed E-state index contributed by atoms with van der Waals surface area (Å²) in [7, 11) is 1.53. The van der Waals surface area contributed by atoms with Gasteiger partial charge in [0.1, 0.15) is 5.56 Å². The van der Waals surface area contributed by atoms with E-state index in [4.69, 9.17) is 18.9 Å². The van der Waals surface area contributed by atoms with Crippen molar-refractivity contribution in [2.24, 2.45) is 0 Å². The van der Waals surface area contributed by atoms with Gasteiger partial charge in [-0.2, -0.15) is 23.5 Å². The summed E-state index contributed by atoms with van der Waals surface area (Å²) >= 11 is 0. The molecule has 0 saturated heterocycles. The Labute approximate surface area is 303 Å². The monoisotopic (exact) mass is 739 g/mol. The third kappa shape index (κ3) is 11.5. The zero-order chi connectivity index (χ0) is 38.2. The fourth-order valence-corrected chi connectivity index (χ4v) is 5.07.